The zero-order valence-corrected chi connectivity index (χ0v) is 15.3. The third-order valence-corrected chi connectivity index (χ3v) is 5.18. The molecule has 0 saturated carbocycles. The molecule has 0 fully saturated rings. The first-order valence-corrected chi connectivity index (χ1v) is 9.31. The summed E-state index contributed by atoms with van der Waals surface area (Å²) >= 11 is 1.65. The van der Waals surface area contributed by atoms with E-state index >= 15 is 0 Å². The second-order valence-electron chi connectivity index (χ2n) is 6.39. The Morgan fingerprint density at radius 2 is 2.00 bits per heavy atom. The molecular weight excluding hydrogens is 330 g/mol. The Kier molecular flexibility index (Phi) is 4.46. The molecule has 5 nitrogen and oxygen atoms in total. The number of nitrogens with zero attached hydrogens (tertiary/aromatic N) is 4. The Labute approximate surface area is 151 Å². The van der Waals surface area contributed by atoms with Gasteiger partial charge in [0, 0.05) is 36.3 Å². The minimum atomic E-state index is 0.802. The van der Waals surface area contributed by atoms with Crippen molar-refractivity contribution in [2.45, 2.75) is 33.4 Å². The van der Waals surface area contributed by atoms with Crippen LogP contribution in [0.3, 0.4) is 0 Å². The van der Waals surface area contributed by atoms with E-state index in [1.807, 2.05) is 13.1 Å². The number of rotatable bonds is 4. The highest BCUT2D eigenvalue weighted by molar-refractivity contribution is 7.15. The van der Waals surface area contributed by atoms with Gasteiger partial charge in [0.1, 0.15) is 11.6 Å². The summed E-state index contributed by atoms with van der Waals surface area (Å²) < 4.78 is 0. The molecule has 1 aliphatic heterocycles. The molecule has 0 amide bonds. The molecule has 1 aliphatic rings. The number of aryl methyl sites for hydroxylation is 2. The van der Waals surface area contributed by atoms with E-state index in [0.29, 0.717) is 0 Å². The van der Waals surface area contributed by atoms with E-state index in [2.05, 4.69) is 57.4 Å². The molecule has 0 atom stereocenters. The quantitative estimate of drug-likeness (QED) is 0.774. The fraction of sp³-hybridized carbons (Fsp3) is 0.316. The van der Waals surface area contributed by atoms with Gasteiger partial charge in [0.05, 0.1) is 5.69 Å². The molecular formula is C19H21N5S. The molecule has 1 aromatic carbocycles. The van der Waals surface area contributed by atoms with E-state index in [1.165, 1.54) is 16.0 Å². The van der Waals surface area contributed by atoms with Gasteiger partial charge in [-0.1, -0.05) is 30.3 Å². The Morgan fingerprint density at radius 3 is 2.76 bits per heavy atom. The number of anilines is 2. The standard InChI is InChI=1S/C19H21N5S/c1-13-10-20-19(25-13)23-18-16-8-9-24(11-15-6-4-3-5-7-15)12-17(16)21-14(2)22-18/h3-7,10H,8-9,11-12H2,1-2H3,(H,20,21,22,23). The Morgan fingerprint density at radius 1 is 1.16 bits per heavy atom. The number of hydrogen-bond acceptors (Lipinski definition) is 6. The van der Waals surface area contributed by atoms with Crippen molar-refractivity contribution in [2.24, 2.45) is 0 Å². The molecule has 2 aromatic heterocycles. The predicted octanol–water partition coefficient (Wildman–Crippen LogP) is 3.85. The van der Waals surface area contributed by atoms with E-state index in [9.17, 15) is 0 Å². The van der Waals surface area contributed by atoms with Crippen LogP contribution < -0.4 is 5.32 Å². The number of thiazole rings is 1. The van der Waals surface area contributed by atoms with Crippen LogP contribution in [-0.2, 0) is 19.5 Å². The number of aromatic nitrogens is 3. The minimum Gasteiger partial charge on any atom is -0.316 e. The van der Waals surface area contributed by atoms with E-state index in [1.54, 1.807) is 11.3 Å². The normalized spacial score (nSPS) is 14.3. The highest BCUT2D eigenvalue weighted by atomic mass is 32.1. The van der Waals surface area contributed by atoms with Crippen molar-refractivity contribution in [1.29, 1.82) is 0 Å². The van der Waals surface area contributed by atoms with Gasteiger partial charge in [0.15, 0.2) is 5.13 Å². The predicted molar refractivity (Wildman–Crippen MR) is 101 cm³/mol. The molecule has 3 heterocycles. The lowest BCUT2D eigenvalue weighted by Crippen LogP contribution is -2.31. The molecule has 0 saturated heterocycles. The zero-order valence-electron chi connectivity index (χ0n) is 14.5. The zero-order chi connectivity index (χ0) is 17.2. The lowest BCUT2D eigenvalue weighted by molar-refractivity contribution is 0.241. The van der Waals surface area contributed by atoms with Crippen molar-refractivity contribution in [3.63, 3.8) is 0 Å². The van der Waals surface area contributed by atoms with Crippen molar-refractivity contribution >= 4 is 22.3 Å². The molecule has 25 heavy (non-hydrogen) atoms. The summed E-state index contributed by atoms with van der Waals surface area (Å²) in [6.07, 6.45) is 2.84. The maximum absolute atomic E-state index is 4.70. The summed E-state index contributed by atoms with van der Waals surface area (Å²) in [6.45, 7) is 6.84. The average molecular weight is 351 g/mol. The molecule has 1 N–H and O–H groups in total. The van der Waals surface area contributed by atoms with Crippen molar-refractivity contribution in [3.05, 3.63) is 64.1 Å². The molecule has 4 rings (SSSR count). The second-order valence-corrected chi connectivity index (χ2v) is 7.63. The summed E-state index contributed by atoms with van der Waals surface area (Å²) in [6, 6.07) is 10.6. The molecule has 3 aromatic rings. The van der Waals surface area contributed by atoms with E-state index in [0.717, 1.165) is 48.5 Å². The summed E-state index contributed by atoms with van der Waals surface area (Å²) in [5, 5.41) is 4.29. The van der Waals surface area contributed by atoms with E-state index < -0.39 is 0 Å². The van der Waals surface area contributed by atoms with Gasteiger partial charge < -0.3 is 5.32 Å². The Hall–Kier alpha value is -2.31. The molecule has 0 unspecified atom stereocenters. The van der Waals surface area contributed by atoms with Gasteiger partial charge >= 0.3 is 0 Å². The first kappa shape index (κ1) is 16.2. The van der Waals surface area contributed by atoms with Crippen LogP contribution in [-0.4, -0.2) is 26.4 Å². The summed E-state index contributed by atoms with van der Waals surface area (Å²) in [7, 11) is 0. The largest absolute Gasteiger partial charge is 0.316 e. The van der Waals surface area contributed by atoms with Crippen LogP contribution in [0.15, 0.2) is 36.5 Å². The third kappa shape index (κ3) is 3.70. The fourth-order valence-electron chi connectivity index (χ4n) is 3.20. The van der Waals surface area contributed by atoms with Gasteiger partial charge in [-0.15, -0.1) is 11.3 Å². The lowest BCUT2D eigenvalue weighted by Gasteiger charge is -2.29. The molecule has 6 heteroatoms. The molecule has 0 spiro atoms. The molecule has 0 radical (unpaired) electrons. The average Bonchev–Trinajstić information content (AvgIpc) is 3.00. The van der Waals surface area contributed by atoms with Gasteiger partial charge in [-0.05, 0) is 25.8 Å². The van der Waals surface area contributed by atoms with Crippen LogP contribution in [0.25, 0.3) is 0 Å². The van der Waals surface area contributed by atoms with Gasteiger partial charge in [-0.2, -0.15) is 0 Å². The first-order valence-electron chi connectivity index (χ1n) is 8.49. The van der Waals surface area contributed by atoms with Crippen LogP contribution in [0, 0.1) is 13.8 Å². The number of hydrogen-bond donors (Lipinski definition) is 1. The first-order chi connectivity index (χ1) is 12.2. The van der Waals surface area contributed by atoms with Gasteiger partial charge in [-0.25, -0.2) is 15.0 Å². The third-order valence-electron chi connectivity index (χ3n) is 4.35. The highest BCUT2D eigenvalue weighted by Gasteiger charge is 2.22. The maximum Gasteiger partial charge on any atom is 0.188 e. The lowest BCUT2D eigenvalue weighted by atomic mass is 10.0. The molecule has 0 bridgehead atoms. The summed E-state index contributed by atoms with van der Waals surface area (Å²) in [4.78, 5) is 17.4. The second kappa shape index (κ2) is 6.90. The smallest absolute Gasteiger partial charge is 0.188 e. The topological polar surface area (TPSA) is 53.9 Å². The van der Waals surface area contributed by atoms with Crippen molar-refractivity contribution in [1.82, 2.24) is 19.9 Å². The Balaban J connectivity index is 1.56. The monoisotopic (exact) mass is 351 g/mol. The van der Waals surface area contributed by atoms with E-state index in [-0.39, 0.29) is 0 Å². The van der Waals surface area contributed by atoms with Crippen molar-refractivity contribution < 1.29 is 0 Å². The molecule has 0 aliphatic carbocycles. The van der Waals surface area contributed by atoms with Crippen LogP contribution in [0.5, 0.6) is 0 Å². The van der Waals surface area contributed by atoms with Crippen LogP contribution in [0.4, 0.5) is 10.9 Å². The fourth-order valence-corrected chi connectivity index (χ4v) is 3.87. The van der Waals surface area contributed by atoms with Gasteiger partial charge in [0.25, 0.3) is 0 Å². The minimum absolute atomic E-state index is 0.802. The Bertz CT molecular complexity index is 875. The molecule has 128 valence electrons. The van der Waals surface area contributed by atoms with E-state index in [4.69, 9.17) is 4.98 Å². The van der Waals surface area contributed by atoms with Crippen LogP contribution in [0.2, 0.25) is 0 Å². The SMILES string of the molecule is Cc1nc2c(c(Nc3ncc(C)s3)n1)CCN(Cc1ccccc1)C2. The van der Waals surface area contributed by atoms with Crippen molar-refractivity contribution in [3.8, 4) is 0 Å². The number of nitrogens with one attached hydrogen (secondary N) is 1. The van der Waals surface area contributed by atoms with Gasteiger partial charge in [0.2, 0.25) is 0 Å². The number of fused-ring (bicyclic) bond motifs is 1. The van der Waals surface area contributed by atoms with Crippen LogP contribution >= 0.6 is 11.3 Å². The number of benzene rings is 1. The van der Waals surface area contributed by atoms with Gasteiger partial charge in [-0.3, -0.25) is 4.90 Å². The summed E-state index contributed by atoms with van der Waals surface area (Å²) in [5.74, 6) is 1.72. The highest BCUT2D eigenvalue weighted by Crippen LogP contribution is 2.28. The summed E-state index contributed by atoms with van der Waals surface area (Å²) in [5.41, 5.74) is 3.70. The van der Waals surface area contributed by atoms with Crippen LogP contribution in [0.1, 0.15) is 27.5 Å². The van der Waals surface area contributed by atoms with Crippen molar-refractivity contribution in [2.75, 3.05) is 11.9 Å². The maximum atomic E-state index is 4.70.